The molecule has 0 saturated heterocycles. The van der Waals surface area contributed by atoms with Crippen molar-refractivity contribution in [3.8, 4) is 0 Å². The van der Waals surface area contributed by atoms with Crippen LogP contribution >= 0.6 is 0 Å². The monoisotopic (exact) mass is 226 g/mol. The van der Waals surface area contributed by atoms with Crippen molar-refractivity contribution in [1.82, 2.24) is 0 Å². The van der Waals surface area contributed by atoms with E-state index in [4.69, 9.17) is 5.11 Å². The Hall–Kier alpha value is -1.17. The average Bonchev–Trinajstić information content (AvgIpc) is 2.09. The fourth-order valence-corrected chi connectivity index (χ4v) is 1.02. The smallest absolute Gasteiger partial charge is 0.383 e. The topological polar surface area (TPSA) is 20.2 Å². The number of hydrogen-bond acceptors (Lipinski definition) is 1. The highest BCUT2D eigenvalue weighted by atomic mass is 19.4. The molecule has 0 aromatic heterocycles. The van der Waals surface area contributed by atoms with Crippen LogP contribution in [0.2, 0.25) is 0 Å². The molecule has 0 aliphatic rings. The Morgan fingerprint density at radius 2 is 1.80 bits per heavy atom. The molecule has 0 unspecified atom stereocenters. The number of benzene rings is 1. The molecular formula is C9H7F5O. The van der Waals surface area contributed by atoms with Gasteiger partial charge in [-0.2, -0.15) is 13.2 Å². The molecule has 15 heavy (non-hydrogen) atoms. The maximum Gasteiger partial charge on any atom is 0.414 e. The Labute approximate surface area is 82.1 Å². The summed E-state index contributed by atoms with van der Waals surface area (Å²) in [5.74, 6) is -1.82. The van der Waals surface area contributed by atoms with Crippen LogP contribution in [0.4, 0.5) is 22.0 Å². The van der Waals surface area contributed by atoms with E-state index in [1.807, 2.05) is 0 Å². The number of hydrogen-bond donors (Lipinski definition) is 1. The molecule has 1 aromatic carbocycles. The lowest BCUT2D eigenvalue weighted by Crippen LogP contribution is -2.30. The molecule has 0 fully saturated rings. The molecule has 0 aliphatic heterocycles. The van der Waals surface area contributed by atoms with Gasteiger partial charge in [0.2, 0.25) is 0 Å². The maximum atomic E-state index is 12.9. The summed E-state index contributed by atoms with van der Waals surface area (Å²) >= 11 is 0. The number of alkyl halides is 3. The fraction of sp³-hybridized carbons (Fsp3) is 0.333. The molecule has 0 heterocycles. The van der Waals surface area contributed by atoms with E-state index in [2.05, 4.69) is 0 Å². The first-order chi connectivity index (χ1) is 6.80. The summed E-state index contributed by atoms with van der Waals surface area (Å²) in [5.41, 5.74) is -0.500. The Morgan fingerprint density at radius 1 is 1.20 bits per heavy atom. The molecule has 0 saturated carbocycles. The average molecular weight is 226 g/mol. The van der Waals surface area contributed by atoms with Crippen LogP contribution < -0.4 is 0 Å². The van der Waals surface area contributed by atoms with Gasteiger partial charge < -0.3 is 5.11 Å². The number of halogens is 5. The number of aliphatic hydroxyl groups excluding tert-OH is 1. The predicted octanol–water partition coefficient (Wildman–Crippen LogP) is 2.43. The minimum Gasteiger partial charge on any atom is -0.383 e. The first-order valence-electron chi connectivity index (χ1n) is 3.99. The second kappa shape index (κ2) is 4.14. The summed E-state index contributed by atoms with van der Waals surface area (Å²) in [5, 5.41) is 8.64. The van der Waals surface area contributed by atoms with E-state index in [0.29, 0.717) is 12.1 Å². The van der Waals surface area contributed by atoms with Crippen LogP contribution in [0.15, 0.2) is 18.2 Å². The molecule has 1 atom stereocenters. The fourth-order valence-electron chi connectivity index (χ4n) is 1.02. The molecule has 1 N–H and O–H groups in total. The van der Waals surface area contributed by atoms with Gasteiger partial charge in [-0.1, -0.05) is 0 Å². The van der Waals surface area contributed by atoms with Gasteiger partial charge in [-0.15, -0.1) is 0 Å². The van der Waals surface area contributed by atoms with E-state index < -0.39 is 35.9 Å². The lowest BCUT2D eigenvalue weighted by Gasteiger charge is -2.14. The molecule has 0 aliphatic carbocycles. The molecule has 1 aromatic rings. The quantitative estimate of drug-likeness (QED) is 0.768. The normalized spacial score (nSPS) is 14.0. The van der Waals surface area contributed by atoms with Gasteiger partial charge in [0, 0.05) is 6.42 Å². The first-order valence-corrected chi connectivity index (χ1v) is 3.99. The van der Waals surface area contributed by atoms with Crippen molar-refractivity contribution in [2.24, 2.45) is 0 Å². The molecule has 1 nitrogen and oxygen atoms in total. The molecular weight excluding hydrogens is 219 g/mol. The lowest BCUT2D eigenvalue weighted by atomic mass is 10.1. The van der Waals surface area contributed by atoms with Crippen molar-refractivity contribution >= 4 is 0 Å². The second-order valence-corrected chi connectivity index (χ2v) is 3.00. The summed E-state index contributed by atoms with van der Waals surface area (Å²) in [6, 6.07) is 2.14. The molecule has 0 bridgehead atoms. The van der Waals surface area contributed by atoms with Crippen molar-refractivity contribution in [2.75, 3.05) is 0 Å². The van der Waals surface area contributed by atoms with Crippen molar-refractivity contribution in [3.05, 3.63) is 35.4 Å². The zero-order chi connectivity index (χ0) is 11.6. The van der Waals surface area contributed by atoms with Crippen LogP contribution in [0.1, 0.15) is 5.56 Å². The van der Waals surface area contributed by atoms with E-state index in [9.17, 15) is 22.0 Å². The van der Waals surface area contributed by atoms with E-state index in [0.717, 1.165) is 6.07 Å². The SMILES string of the molecule is O[C@H](Cc1cc(F)ccc1F)C(F)(F)F. The molecule has 1 rings (SSSR count). The van der Waals surface area contributed by atoms with Gasteiger partial charge >= 0.3 is 6.18 Å². The number of rotatable bonds is 2. The molecule has 0 radical (unpaired) electrons. The van der Waals surface area contributed by atoms with Gasteiger partial charge in [-0.05, 0) is 23.8 Å². The van der Waals surface area contributed by atoms with E-state index in [1.165, 1.54) is 0 Å². The zero-order valence-electron chi connectivity index (χ0n) is 7.35. The van der Waals surface area contributed by atoms with Gasteiger partial charge in [0.25, 0.3) is 0 Å². The standard InChI is InChI=1S/C9H7F5O/c10-6-1-2-7(11)5(3-6)4-8(15)9(12,13)14/h1-3,8,15H,4H2/t8-/m1/s1. The van der Waals surface area contributed by atoms with Crippen LogP contribution in [-0.2, 0) is 6.42 Å². The van der Waals surface area contributed by atoms with Gasteiger partial charge in [0.15, 0.2) is 6.10 Å². The van der Waals surface area contributed by atoms with Crippen LogP contribution in [0.3, 0.4) is 0 Å². The van der Waals surface area contributed by atoms with Crippen molar-refractivity contribution < 1.29 is 27.1 Å². The molecule has 84 valence electrons. The zero-order valence-corrected chi connectivity index (χ0v) is 7.35. The minimum atomic E-state index is -4.83. The minimum absolute atomic E-state index is 0.500. The van der Waals surface area contributed by atoms with Crippen LogP contribution in [0, 0.1) is 11.6 Å². The Kier molecular flexibility index (Phi) is 3.28. The Morgan fingerprint density at radius 3 is 2.33 bits per heavy atom. The summed E-state index contributed by atoms with van der Waals surface area (Å²) in [4.78, 5) is 0. The molecule has 6 heteroatoms. The Balaban J connectivity index is 2.85. The van der Waals surface area contributed by atoms with Crippen molar-refractivity contribution in [1.29, 1.82) is 0 Å². The highest BCUT2D eigenvalue weighted by Gasteiger charge is 2.38. The first kappa shape index (κ1) is 11.9. The Bertz CT molecular complexity index is 347. The maximum absolute atomic E-state index is 12.9. The van der Waals surface area contributed by atoms with Crippen molar-refractivity contribution in [2.45, 2.75) is 18.7 Å². The second-order valence-electron chi connectivity index (χ2n) is 3.00. The third-order valence-corrected chi connectivity index (χ3v) is 1.80. The third-order valence-electron chi connectivity index (χ3n) is 1.80. The van der Waals surface area contributed by atoms with Crippen LogP contribution in [0.25, 0.3) is 0 Å². The highest BCUT2D eigenvalue weighted by molar-refractivity contribution is 5.19. The molecule has 0 amide bonds. The van der Waals surface area contributed by atoms with E-state index >= 15 is 0 Å². The summed E-state index contributed by atoms with van der Waals surface area (Å²) in [6.07, 6.45) is -8.51. The van der Waals surface area contributed by atoms with E-state index in [-0.39, 0.29) is 0 Å². The summed E-state index contributed by atoms with van der Waals surface area (Å²) in [6.45, 7) is 0. The lowest BCUT2D eigenvalue weighted by molar-refractivity contribution is -0.203. The highest BCUT2D eigenvalue weighted by Crippen LogP contribution is 2.24. The van der Waals surface area contributed by atoms with E-state index in [1.54, 1.807) is 0 Å². The number of aliphatic hydroxyl groups is 1. The predicted molar refractivity (Wildman–Crippen MR) is 42.1 cm³/mol. The summed E-state index contributed by atoms with van der Waals surface area (Å²) < 4.78 is 61.1. The summed E-state index contributed by atoms with van der Waals surface area (Å²) in [7, 11) is 0. The largest absolute Gasteiger partial charge is 0.414 e. The van der Waals surface area contributed by atoms with Gasteiger partial charge in [-0.25, -0.2) is 8.78 Å². The van der Waals surface area contributed by atoms with Gasteiger partial charge in [0.1, 0.15) is 11.6 Å². The van der Waals surface area contributed by atoms with Crippen LogP contribution in [0.5, 0.6) is 0 Å². The molecule has 0 spiro atoms. The van der Waals surface area contributed by atoms with Crippen molar-refractivity contribution in [3.63, 3.8) is 0 Å². The van der Waals surface area contributed by atoms with Crippen LogP contribution in [-0.4, -0.2) is 17.4 Å². The third kappa shape index (κ3) is 3.16. The van der Waals surface area contributed by atoms with Gasteiger partial charge in [-0.3, -0.25) is 0 Å². The van der Waals surface area contributed by atoms with Gasteiger partial charge in [0.05, 0.1) is 0 Å².